The summed E-state index contributed by atoms with van der Waals surface area (Å²) in [6, 6.07) is 9.77. The van der Waals surface area contributed by atoms with E-state index in [4.69, 9.17) is 4.42 Å². The van der Waals surface area contributed by atoms with Gasteiger partial charge >= 0.3 is 0 Å². The van der Waals surface area contributed by atoms with E-state index >= 15 is 0 Å². The van der Waals surface area contributed by atoms with Gasteiger partial charge in [0.2, 0.25) is 0 Å². The smallest absolute Gasteiger partial charge is 0.200 e. The average molecular weight is 339 g/mol. The summed E-state index contributed by atoms with van der Waals surface area (Å²) in [5.41, 5.74) is 1.98. The summed E-state index contributed by atoms with van der Waals surface area (Å²) in [4.78, 5) is 4.63. The molecule has 4 aromatic rings. The minimum absolute atomic E-state index is 0.746. The Morgan fingerprint density at radius 1 is 1.17 bits per heavy atom. The Morgan fingerprint density at radius 3 is 2.92 bits per heavy atom. The van der Waals surface area contributed by atoms with Gasteiger partial charge in [-0.3, -0.25) is 4.57 Å². The summed E-state index contributed by atoms with van der Waals surface area (Å²) >= 11 is 1.65. The van der Waals surface area contributed by atoms with Gasteiger partial charge in [0.1, 0.15) is 5.65 Å². The fourth-order valence-electron chi connectivity index (χ4n) is 2.60. The van der Waals surface area contributed by atoms with Crippen molar-refractivity contribution in [2.75, 3.05) is 0 Å². The summed E-state index contributed by atoms with van der Waals surface area (Å²) in [5, 5.41) is 9.54. The summed E-state index contributed by atoms with van der Waals surface area (Å²) in [5.74, 6) is 2.27. The molecule has 4 aromatic heterocycles. The average Bonchev–Trinajstić information content (AvgIpc) is 3.32. The molecule has 0 N–H and O–H groups in total. The number of hydrogen-bond acceptors (Lipinski definition) is 5. The van der Waals surface area contributed by atoms with Gasteiger partial charge < -0.3 is 8.82 Å². The quantitative estimate of drug-likeness (QED) is 0.499. The number of nitrogens with zero attached hydrogens (tertiary/aromatic N) is 5. The highest BCUT2D eigenvalue weighted by molar-refractivity contribution is 7.98. The van der Waals surface area contributed by atoms with E-state index in [9.17, 15) is 0 Å². The van der Waals surface area contributed by atoms with Crippen molar-refractivity contribution in [1.29, 1.82) is 0 Å². The van der Waals surface area contributed by atoms with Crippen molar-refractivity contribution in [1.82, 2.24) is 24.1 Å². The third-order valence-electron chi connectivity index (χ3n) is 3.67. The van der Waals surface area contributed by atoms with Crippen molar-refractivity contribution in [3.05, 3.63) is 54.7 Å². The standard InChI is InChI=1S/C17H17N5OS/c1-2-8-22-16(14-6-5-10-23-14)19-20-17(22)24-12-13-11-21-9-4-3-7-15(21)18-13/h3-7,9-11H,2,8,12H2,1H3. The van der Waals surface area contributed by atoms with Crippen LogP contribution in [0, 0.1) is 0 Å². The van der Waals surface area contributed by atoms with Gasteiger partial charge in [-0.15, -0.1) is 10.2 Å². The number of rotatable bonds is 6. The third kappa shape index (κ3) is 2.82. The Hall–Kier alpha value is -2.54. The lowest BCUT2D eigenvalue weighted by atomic mass is 10.4. The highest BCUT2D eigenvalue weighted by Crippen LogP contribution is 2.26. The van der Waals surface area contributed by atoms with Gasteiger partial charge in [-0.2, -0.15) is 0 Å². The number of furan rings is 1. The van der Waals surface area contributed by atoms with E-state index in [0.717, 1.165) is 46.8 Å². The minimum atomic E-state index is 0.746. The molecule has 0 atom stereocenters. The first-order chi connectivity index (χ1) is 11.8. The van der Waals surface area contributed by atoms with Crippen molar-refractivity contribution in [3.8, 4) is 11.6 Å². The zero-order chi connectivity index (χ0) is 16.4. The molecule has 24 heavy (non-hydrogen) atoms. The molecule has 4 rings (SSSR count). The Labute approximate surface area is 143 Å². The number of pyridine rings is 1. The monoisotopic (exact) mass is 339 g/mol. The maximum absolute atomic E-state index is 5.47. The van der Waals surface area contributed by atoms with Crippen LogP contribution in [-0.2, 0) is 12.3 Å². The molecule has 7 heteroatoms. The minimum Gasteiger partial charge on any atom is -0.461 e. The fraction of sp³-hybridized carbons (Fsp3) is 0.235. The van der Waals surface area contributed by atoms with Gasteiger partial charge in [-0.25, -0.2) is 4.98 Å². The molecule has 4 heterocycles. The largest absolute Gasteiger partial charge is 0.461 e. The predicted octanol–water partition coefficient (Wildman–Crippen LogP) is 3.89. The highest BCUT2D eigenvalue weighted by atomic mass is 32.2. The van der Waals surface area contributed by atoms with Crippen molar-refractivity contribution in [3.63, 3.8) is 0 Å². The summed E-state index contributed by atoms with van der Waals surface area (Å²) in [6.07, 6.45) is 6.72. The van der Waals surface area contributed by atoms with Crippen molar-refractivity contribution < 1.29 is 4.42 Å². The van der Waals surface area contributed by atoms with Gasteiger partial charge in [0, 0.05) is 24.7 Å². The maximum atomic E-state index is 5.47. The molecular weight excluding hydrogens is 322 g/mol. The van der Waals surface area contributed by atoms with Gasteiger partial charge in [-0.05, 0) is 30.7 Å². The second-order valence-electron chi connectivity index (χ2n) is 5.42. The van der Waals surface area contributed by atoms with Crippen LogP contribution in [-0.4, -0.2) is 24.1 Å². The van der Waals surface area contributed by atoms with Crippen LogP contribution in [0.25, 0.3) is 17.2 Å². The summed E-state index contributed by atoms with van der Waals surface area (Å²) in [7, 11) is 0. The lowest BCUT2D eigenvalue weighted by Crippen LogP contribution is -2.01. The molecule has 0 aliphatic heterocycles. The van der Waals surface area contributed by atoms with E-state index in [1.54, 1.807) is 18.0 Å². The van der Waals surface area contributed by atoms with Gasteiger partial charge in [0.05, 0.1) is 12.0 Å². The van der Waals surface area contributed by atoms with Gasteiger partial charge in [0.25, 0.3) is 0 Å². The molecule has 122 valence electrons. The number of thioether (sulfide) groups is 1. The van der Waals surface area contributed by atoms with E-state index in [-0.39, 0.29) is 0 Å². The topological polar surface area (TPSA) is 61.2 Å². The summed E-state index contributed by atoms with van der Waals surface area (Å²) in [6.45, 7) is 3.00. The lowest BCUT2D eigenvalue weighted by molar-refractivity contribution is 0.559. The molecule has 0 aromatic carbocycles. The molecule has 0 fully saturated rings. The third-order valence-corrected chi connectivity index (χ3v) is 4.67. The molecule has 0 radical (unpaired) electrons. The molecule has 0 saturated heterocycles. The van der Waals surface area contributed by atoms with Crippen LogP contribution in [0.15, 0.2) is 58.6 Å². The first-order valence-electron chi connectivity index (χ1n) is 7.87. The zero-order valence-electron chi connectivity index (χ0n) is 13.3. The van der Waals surface area contributed by atoms with Crippen molar-refractivity contribution in [2.24, 2.45) is 0 Å². The molecule has 0 aliphatic rings. The molecule has 0 saturated carbocycles. The van der Waals surface area contributed by atoms with E-state index in [1.165, 1.54) is 0 Å². The molecule has 0 spiro atoms. The second kappa shape index (κ2) is 6.52. The van der Waals surface area contributed by atoms with E-state index in [2.05, 4.69) is 32.9 Å². The number of imidazole rings is 1. The van der Waals surface area contributed by atoms with Crippen molar-refractivity contribution >= 4 is 17.4 Å². The molecule has 6 nitrogen and oxygen atoms in total. The van der Waals surface area contributed by atoms with Crippen LogP contribution in [0.3, 0.4) is 0 Å². The van der Waals surface area contributed by atoms with Crippen LogP contribution in [0.5, 0.6) is 0 Å². The molecule has 0 bridgehead atoms. The SMILES string of the molecule is CCCn1c(SCc2cn3ccccc3n2)nnc1-c1ccco1. The first-order valence-corrected chi connectivity index (χ1v) is 8.86. The maximum Gasteiger partial charge on any atom is 0.200 e. The van der Waals surface area contributed by atoms with Crippen LogP contribution in [0.4, 0.5) is 0 Å². The fourth-order valence-corrected chi connectivity index (χ4v) is 3.45. The molecule has 0 amide bonds. The van der Waals surface area contributed by atoms with Gasteiger partial charge in [0.15, 0.2) is 16.7 Å². The molecule has 0 aliphatic carbocycles. The van der Waals surface area contributed by atoms with E-state index < -0.39 is 0 Å². The number of hydrogen-bond donors (Lipinski definition) is 0. The zero-order valence-corrected chi connectivity index (χ0v) is 14.1. The van der Waals surface area contributed by atoms with Gasteiger partial charge in [-0.1, -0.05) is 24.8 Å². The van der Waals surface area contributed by atoms with Crippen LogP contribution in [0.2, 0.25) is 0 Å². The number of fused-ring (bicyclic) bond motifs is 1. The highest BCUT2D eigenvalue weighted by Gasteiger charge is 2.16. The van der Waals surface area contributed by atoms with Crippen LogP contribution >= 0.6 is 11.8 Å². The second-order valence-corrected chi connectivity index (χ2v) is 6.36. The summed E-state index contributed by atoms with van der Waals surface area (Å²) < 4.78 is 9.61. The number of aromatic nitrogens is 5. The molecular formula is C17H17N5OS. The molecule has 0 unspecified atom stereocenters. The van der Waals surface area contributed by atoms with E-state index in [1.807, 2.05) is 40.9 Å². The Bertz CT molecular complexity index is 908. The van der Waals surface area contributed by atoms with Crippen molar-refractivity contribution in [2.45, 2.75) is 30.8 Å². The Balaban J connectivity index is 1.57. The Morgan fingerprint density at radius 2 is 2.12 bits per heavy atom. The first kappa shape index (κ1) is 15.0. The predicted molar refractivity (Wildman–Crippen MR) is 92.8 cm³/mol. The van der Waals surface area contributed by atoms with E-state index in [0.29, 0.717) is 0 Å². The Kier molecular flexibility index (Phi) is 4.08. The van der Waals surface area contributed by atoms with Crippen LogP contribution < -0.4 is 0 Å². The normalized spacial score (nSPS) is 11.4. The lowest BCUT2D eigenvalue weighted by Gasteiger charge is -2.06. The van der Waals surface area contributed by atoms with Crippen LogP contribution in [0.1, 0.15) is 19.0 Å².